The third-order valence-corrected chi connectivity index (χ3v) is 3.24. The number of allylic oxidation sites excluding steroid dienone is 3. The van der Waals surface area contributed by atoms with Crippen molar-refractivity contribution in [2.75, 3.05) is 0 Å². The molecule has 0 amide bonds. The van der Waals surface area contributed by atoms with Crippen molar-refractivity contribution in [1.29, 1.82) is 0 Å². The van der Waals surface area contributed by atoms with Crippen molar-refractivity contribution < 1.29 is 0 Å². The van der Waals surface area contributed by atoms with Crippen molar-refractivity contribution in [3.8, 4) is 0 Å². The number of rotatable bonds is 3. The van der Waals surface area contributed by atoms with Gasteiger partial charge in [0.05, 0.1) is 0 Å². The Balaban J connectivity index is 2.23. The predicted octanol–water partition coefficient (Wildman–Crippen LogP) is 5.14. The Hall–Kier alpha value is -1.52. The Labute approximate surface area is 104 Å². The molecule has 0 saturated carbocycles. The summed E-state index contributed by atoms with van der Waals surface area (Å²) < 4.78 is 0. The van der Waals surface area contributed by atoms with Gasteiger partial charge < -0.3 is 0 Å². The van der Waals surface area contributed by atoms with Gasteiger partial charge in [0.25, 0.3) is 0 Å². The molecular formula is C17H20. The van der Waals surface area contributed by atoms with E-state index in [9.17, 15) is 0 Å². The standard InChI is InChI=1S/C17H20/c1-2-16(17-11-7-4-8-12-17)14-13-15-9-5-3-6-10-15/h3,5-6,9-11,13H,2,4,7-8,12H2,1H3. The van der Waals surface area contributed by atoms with Crippen LogP contribution < -0.4 is 0 Å². The van der Waals surface area contributed by atoms with Gasteiger partial charge in [0.15, 0.2) is 0 Å². The van der Waals surface area contributed by atoms with Gasteiger partial charge >= 0.3 is 0 Å². The maximum absolute atomic E-state index is 3.48. The molecule has 1 aromatic rings. The fourth-order valence-electron chi connectivity index (χ4n) is 2.25. The van der Waals surface area contributed by atoms with Gasteiger partial charge in [-0.25, -0.2) is 0 Å². The van der Waals surface area contributed by atoms with Gasteiger partial charge in [-0.15, -0.1) is 5.73 Å². The first kappa shape index (κ1) is 12.0. The van der Waals surface area contributed by atoms with Crippen LogP contribution in [0.1, 0.15) is 44.6 Å². The second kappa shape index (κ2) is 6.27. The Morgan fingerprint density at radius 3 is 2.71 bits per heavy atom. The van der Waals surface area contributed by atoms with Crippen LogP contribution in [0.25, 0.3) is 6.08 Å². The van der Waals surface area contributed by atoms with E-state index in [-0.39, 0.29) is 0 Å². The van der Waals surface area contributed by atoms with Gasteiger partial charge in [-0.1, -0.05) is 43.3 Å². The molecule has 0 saturated heterocycles. The molecule has 0 fully saturated rings. The van der Waals surface area contributed by atoms with Crippen LogP contribution in [0.4, 0.5) is 0 Å². The molecule has 1 aromatic carbocycles. The van der Waals surface area contributed by atoms with E-state index in [0.29, 0.717) is 0 Å². The fraction of sp³-hybridized carbons (Fsp3) is 0.353. The van der Waals surface area contributed by atoms with Gasteiger partial charge in [0.2, 0.25) is 0 Å². The molecule has 0 nitrogen and oxygen atoms in total. The minimum Gasteiger partial charge on any atom is -0.116 e. The lowest BCUT2D eigenvalue weighted by Crippen LogP contribution is -1.94. The van der Waals surface area contributed by atoms with E-state index >= 15 is 0 Å². The molecular weight excluding hydrogens is 204 g/mol. The fourth-order valence-corrected chi connectivity index (χ4v) is 2.25. The Kier molecular flexibility index (Phi) is 4.41. The van der Waals surface area contributed by atoms with Crippen LogP contribution in [0.3, 0.4) is 0 Å². The third-order valence-electron chi connectivity index (χ3n) is 3.24. The highest BCUT2D eigenvalue weighted by molar-refractivity contribution is 5.50. The predicted molar refractivity (Wildman–Crippen MR) is 74.8 cm³/mol. The molecule has 0 radical (unpaired) electrons. The minimum atomic E-state index is 1.08. The van der Waals surface area contributed by atoms with Gasteiger partial charge in [-0.2, -0.15) is 0 Å². The highest BCUT2D eigenvalue weighted by atomic mass is 14.1. The summed E-state index contributed by atoms with van der Waals surface area (Å²) in [6, 6.07) is 10.4. The minimum absolute atomic E-state index is 1.08. The summed E-state index contributed by atoms with van der Waals surface area (Å²) in [6.07, 6.45) is 10.7. The SMILES string of the molecule is CCC(=C=Cc1ccccc1)C1=CCCCC1. The molecule has 2 rings (SSSR count). The van der Waals surface area contributed by atoms with Crippen molar-refractivity contribution in [2.45, 2.75) is 39.0 Å². The van der Waals surface area contributed by atoms with Crippen LogP contribution in [0, 0.1) is 0 Å². The number of benzene rings is 1. The first-order chi connectivity index (χ1) is 8.40. The average Bonchev–Trinajstić information content (AvgIpc) is 2.42. The zero-order valence-corrected chi connectivity index (χ0v) is 10.6. The van der Waals surface area contributed by atoms with Gasteiger partial charge in [0.1, 0.15) is 0 Å². The molecule has 0 heteroatoms. The van der Waals surface area contributed by atoms with E-state index in [2.05, 4.69) is 49.1 Å². The quantitative estimate of drug-likeness (QED) is 0.624. The normalized spacial score (nSPS) is 14.8. The van der Waals surface area contributed by atoms with Gasteiger partial charge in [-0.05, 0) is 54.9 Å². The summed E-state index contributed by atoms with van der Waals surface area (Å²) in [4.78, 5) is 0. The Morgan fingerprint density at radius 2 is 2.06 bits per heavy atom. The van der Waals surface area contributed by atoms with Crippen molar-refractivity contribution in [1.82, 2.24) is 0 Å². The highest BCUT2D eigenvalue weighted by Gasteiger charge is 2.06. The summed E-state index contributed by atoms with van der Waals surface area (Å²) in [5.74, 6) is 0. The van der Waals surface area contributed by atoms with Crippen LogP contribution in [0.2, 0.25) is 0 Å². The summed E-state index contributed by atoms with van der Waals surface area (Å²) in [7, 11) is 0. The molecule has 0 aromatic heterocycles. The maximum atomic E-state index is 3.48. The third kappa shape index (κ3) is 3.47. The number of hydrogen-bond donors (Lipinski definition) is 0. The molecule has 17 heavy (non-hydrogen) atoms. The molecule has 0 bridgehead atoms. The smallest absolute Gasteiger partial charge is 0.00340 e. The summed E-state index contributed by atoms with van der Waals surface area (Å²) in [6.45, 7) is 2.22. The molecule has 0 atom stereocenters. The largest absolute Gasteiger partial charge is 0.116 e. The molecule has 1 aliphatic rings. The van der Waals surface area contributed by atoms with Crippen LogP contribution in [0.15, 0.2) is 53.3 Å². The molecule has 0 unspecified atom stereocenters. The van der Waals surface area contributed by atoms with E-state index in [1.54, 1.807) is 0 Å². The second-order valence-electron chi connectivity index (χ2n) is 4.51. The lowest BCUT2D eigenvalue weighted by molar-refractivity contribution is 0.702. The molecule has 0 spiro atoms. The molecule has 1 aliphatic carbocycles. The molecule has 0 heterocycles. The monoisotopic (exact) mass is 224 g/mol. The van der Waals surface area contributed by atoms with Crippen molar-refractivity contribution in [3.05, 3.63) is 58.8 Å². The molecule has 88 valence electrons. The van der Waals surface area contributed by atoms with E-state index < -0.39 is 0 Å². The van der Waals surface area contributed by atoms with Crippen molar-refractivity contribution in [3.63, 3.8) is 0 Å². The van der Waals surface area contributed by atoms with E-state index in [4.69, 9.17) is 0 Å². The topological polar surface area (TPSA) is 0 Å². The first-order valence-electron chi connectivity index (χ1n) is 6.60. The van der Waals surface area contributed by atoms with Gasteiger partial charge in [0, 0.05) is 0 Å². The number of hydrogen-bond acceptors (Lipinski definition) is 0. The maximum Gasteiger partial charge on any atom is -0.00340 e. The second-order valence-corrected chi connectivity index (χ2v) is 4.51. The van der Waals surface area contributed by atoms with E-state index in [1.807, 2.05) is 6.07 Å². The lowest BCUT2D eigenvalue weighted by Gasteiger charge is -2.13. The first-order valence-corrected chi connectivity index (χ1v) is 6.60. The zero-order valence-electron chi connectivity index (χ0n) is 10.6. The van der Waals surface area contributed by atoms with Gasteiger partial charge in [-0.3, -0.25) is 0 Å². The van der Waals surface area contributed by atoms with Crippen LogP contribution in [-0.4, -0.2) is 0 Å². The summed E-state index contributed by atoms with van der Waals surface area (Å²) >= 11 is 0. The van der Waals surface area contributed by atoms with Crippen LogP contribution in [0.5, 0.6) is 0 Å². The summed E-state index contributed by atoms with van der Waals surface area (Å²) in [5, 5.41) is 0. The van der Waals surface area contributed by atoms with E-state index in [0.717, 1.165) is 6.42 Å². The van der Waals surface area contributed by atoms with E-state index in [1.165, 1.54) is 42.4 Å². The molecule has 0 N–H and O–H groups in total. The molecule has 0 aliphatic heterocycles. The summed E-state index contributed by atoms with van der Waals surface area (Å²) in [5.41, 5.74) is 7.61. The zero-order chi connectivity index (χ0) is 11.9. The highest BCUT2D eigenvalue weighted by Crippen LogP contribution is 2.25. The Morgan fingerprint density at radius 1 is 1.24 bits per heavy atom. The Bertz CT molecular complexity index is 442. The van der Waals surface area contributed by atoms with Crippen LogP contribution >= 0.6 is 0 Å². The van der Waals surface area contributed by atoms with Crippen LogP contribution in [-0.2, 0) is 0 Å². The lowest BCUT2D eigenvalue weighted by atomic mass is 9.92. The van der Waals surface area contributed by atoms with Crippen molar-refractivity contribution in [2.24, 2.45) is 0 Å². The average molecular weight is 224 g/mol. The van der Waals surface area contributed by atoms with Crippen molar-refractivity contribution >= 4 is 6.08 Å².